The summed E-state index contributed by atoms with van der Waals surface area (Å²) in [4.78, 5) is 12.4. The van der Waals surface area contributed by atoms with Gasteiger partial charge in [-0.1, -0.05) is 12.1 Å². The maximum atomic E-state index is 9.72. The van der Waals surface area contributed by atoms with Crippen molar-refractivity contribution < 1.29 is 24.4 Å². The lowest BCUT2D eigenvalue weighted by Crippen LogP contribution is -2.60. The summed E-state index contributed by atoms with van der Waals surface area (Å²) in [5.41, 5.74) is 0.747. The van der Waals surface area contributed by atoms with Crippen LogP contribution in [0.2, 0.25) is 0 Å². The van der Waals surface area contributed by atoms with E-state index in [-0.39, 0.29) is 6.10 Å². The van der Waals surface area contributed by atoms with Crippen LogP contribution in [0.3, 0.4) is 0 Å². The van der Waals surface area contributed by atoms with Gasteiger partial charge in [0, 0.05) is 25.5 Å². The first kappa shape index (κ1) is 27.4. The van der Waals surface area contributed by atoms with Gasteiger partial charge >= 0.3 is 0 Å². The average Bonchev–Trinajstić information content (AvgIpc) is 2.88. The Balaban J connectivity index is 1.00. The molecular formula is C31H49NO5. The molecule has 208 valence electrons. The second-order valence-electron chi connectivity index (χ2n) is 13.0. The Morgan fingerprint density at radius 1 is 0.919 bits per heavy atom. The van der Waals surface area contributed by atoms with Crippen LogP contribution >= 0.6 is 0 Å². The molecule has 0 amide bonds. The topological polar surface area (TPSA) is 69.2 Å². The van der Waals surface area contributed by atoms with Gasteiger partial charge in [-0.25, -0.2) is 9.78 Å². The molecule has 6 heteroatoms. The van der Waals surface area contributed by atoms with Gasteiger partial charge in [-0.3, -0.25) is 0 Å². The fraction of sp³-hybridized carbons (Fsp3) is 0.806. The van der Waals surface area contributed by atoms with Crippen molar-refractivity contribution in [3.8, 4) is 5.75 Å². The summed E-state index contributed by atoms with van der Waals surface area (Å²) in [6, 6.07) is 8.69. The van der Waals surface area contributed by atoms with E-state index in [1.54, 1.807) is 0 Å². The van der Waals surface area contributed by atoms with Crippen LogP contribution in [0.5, 0.6) is 5.75 Å². The lowest BCUT2D eigenvalue weighted by molar-refractivity contribution is -0.485. The van der Waals surface area contributed by atoms with Crippen LogP contribution in [-0.2, 0) is 14.5 Å². The van der Waals surface area contributed by atoms with Gasteiger partial charge in [-0.2, -0.15) is 0 Å². The van der Waals surface area contributed by atoms with E-state index in [4.69, 9.17) is 19.2 Å². The van der Waals surface area contributed by atoms with E-state index in [0.29, 0.717) is 24.3 Å². The number of rotatable bonds is 13. The normalized spacial score (nSPS) is 35.1. The summed E-state index contributed by atoms with van der Waals surface area (Å²) in [6.07, 6.45) is 12.9. The van der Waals surface area contributed by atoms with Crippen molar-refractivity contribution in [2.75, 3.05) is 26.8 Å². The first-order valence-corrected chi connectivity index (χ1v) is 14.9. The van der Waals surface area contributed by atoms with Gasteiger partial charge in [-0.15, -0.1) is 0 Å². The van der Waals surface area contributed by atoms with E-state index in [0.717, 1.165) is 69.3 Å². The number of unbranched alkanes of at least 4 members (excludes halogenated alkanes) is 1. The zero-order valence-electron chi connectivity index (χ0n) is 23.3. The molecule has 0 heterocycles. The van der Waals surface area contributed by atoms with E-state index < -0.39 is 11.4 Å². The summed E-state index contributed by atoms with van der Waals surface area (Å²) in [5.74, 6) is 3.78. The highest BCUT2D eigenvalue weighted by Crippen LogP contribution is 2.60. The number of ether oxygens (including phenoxy) is 2. The Labute approximate surface area is 223 Å². The maximum Gasteiger partial charge on any atom is 0.207 e. The van der Waals surface area contributed by atoms with Gasteiger partial charge < -0.3 is 19.9 Å². The van der Waals surface area contributed by atoms with E-state index in [1.807, 2.05) is 21.0 Å². The molecule has 0 aliphatic heterocycles. The minimum atomic E-state index is -0.653. The highest BCUT2D eigenvalue weighted by molar-refractivity contribution is 5.29. The zero-order valence-corrected chi connectivity index (χ0v) is 23.3. The molecular weight excluding hydrogens is 466 g/mol. The van der Waals surface area contributed by atoms with Gasteiger partial charge in [-0.05, 0) is 126 Å². The summed E-state index contributed by atoms with van der Waals surface area (Å²) >= 11 is 0. The molecule has 5 saturated carbocycles. The Morgan fingerprint density at radius 2 is 1.57 bits per heavy atom. The lowest BCUT2D eigenvalue weighted by atomic mass is 9.53. The molecule has 0 spiro atoms. The van der Waals surface area contributed by atoms with Crippen molar-refractivity contribution in [1.82, 2.24) is 5.32 Å². The predicted octanol–water partition coefficient (Wildman–Crippen LogP) is 5.98. The minimum Gasteiger partial charge on any atom is -0.494 e. The highest BCUT2D eigenvalue weighted by Gasteiger charge is 2.60. The molecule has 2 N–H and O–H groups in total. The van der Waals surface area contributed by atoms with Gasteiger partial charge in [0.2, 0.25) is 5.79 Å². The summed E-state index contributed by atoms with van der Waals surface area (Å²) < 4.78 is 12.0. The van der Waals surface area contributed by atoms with Crippen LogP contribution in [0.1, 0.15) is 96.0 Å². The molecule has 0 radical (unpaired) electrons. The van der Waals surface area contributed by atoms with Crippen LogP contribution in [-0.4, -0.2) is 49.4 Å². The molecule has 0 saturated heterocycles. The summed E-state index contributed by atoms with van der Waals surface area (Å²) in [6.45, 7) is 5.88. The first-order valence-electron chi connectivity index (χ1n) is 14.9. The number of hydrogen-bond donors (Lipinski definition) is 2. The summed E-state index contributed by atoms with van der Waals surface area (Å²) in [5, 5.41) is 13.0. The Morgan fingerprint density at radius 3 is 2.16 bits per heavy atom. The van der Waals surface area contributed by atoms with Gasteiger partial charge in [0.1, 0.15) is 5.75 Å². The second kappa shape index (κ2) is 11.9. The Kier molecular flexibility index (Phi) is 8.82. The average molecular weight is 516 g/mol. The smallest absolute Gasteiger partial charge is 0.207 e. The highest BCUT2D eigenvalue weighted by atomic mass is 17.2. The molecule has 0 aromatic heterocycles. The Hall–Kier alpha value is -1.18. The van der Waals surface area contributed by atoms with Crippen LogP contribution in [0.15, 0.2) is 24.3 Å². The molecule has 1 aromatic rings. The van der Waals surface area contributed by atoms with Crippen LogP contribution < -0.4 is 10.1 Å². The van der Waals surface area contributed by atoms with Crippen LogP contribution in [0, 0.1) is 23.7 Å². The standard InChI is InChI=1S/C31H49NO5/c1-30(2,33)21-32-14-4-5-15-35-28-10-6-24(7-11-28)25-8-12-29(13-9-25)36-37-31(34-3)26-17-22-16-23(19-26)20-27(31)18-22/h6-7,10-11,22-23,25-27,29,32-33H,4-5,8-9,12-21H2,1-3H3/t22?,23?,25-,26?,27?,29+,31?. The third kappa shape index (κ3) is 6.70. The van der Waals surface area contributed by atoms with Crippen molar-refractivity contribution in [3.63, 3.8) is 0 Å². The first-order chi connectivity index (χ1) is 17.8. The largest absolute Gasteiger partial charge is 0.494 e. The fourth-order valence-corrected chi connectivity index (χ4v) is 7.75. The third-order valence-electron chi connectivity index (χ3n) is 9.51. The zero-order chi connectivity index (χ0) is 25.9. The van der Waals surface area contributed by atoms with Crippen molar-refractivity contribution in [2.24, 2.45) is 23.7 Å². The molecule has 5 aliphatic carbocycles. The second-order valence-corrected chi connectivity index (χ2v) is 13.0. The molecule has 5 aliphatic rings. The number of benzene rings is 1. The number of aliphatic hydroxyl groups is 1. The van der Waals surface area contributed by atoms with E-state index in [1.165, 1.54) is 37.7 Å². The van der Waals surface area contributed by atoms with Crippen molar-refractivity contribution >= 4 is 0 Å². The van der Waals surface area contributed by atoms with Gasteiger partial charge in [0.05, 0.1) is 18.3 Å². The summed E-state index contributed by atoms with van der Waals surface area (Å²) in [7, 11) is 1.83. The van der Waals surface area contributed by atoms with Gasteiger partial charge in [0.25, 0.3) is 0 Å². The van der Waals surface area contributed by atoms with Crippen LogP contribution in [0.25, 0.3) is 0 Å². The van der Waals surface area contributed by atoms with E-state index in [9.17, 15) is 5.11 Å². The molecule has 6 rings (SSSR count). The maximum absolute atomic E-state index is 9.72. The van der Waals surface area contributed by atoms with Crippen molar-refractivity contribution in [2.45, 2.75) is 108 Å². The number of nitrogens with one attached hydrogen (secondary N) is 1. The lowest BCUT2D eigenvalue weighted by Gasteiger charge is -2.58. The number of hydrogen-bond acceptors (Lipinski definition) is 6. The SMILES string of the molecule is COC1(OO[C@H]2CC[C@@H](c3ccc(OCCCCNCC(C)(C)O)cc3)CC2)C2CC3CC(C2)CC1C3. The quantitative estimate of drug-likeness (QED) is 0.146. The fourth-order valence-electron chi connectivity index (χ4n) is 7.75. The minimum absolute atomic E-state index is 0.168. The molecule has 0 unspecified atom stereocenters. The third-order valence-corrected chi connectivity index (χ3v) is 9.51. The Bertz CT molecular complexity index is 814. The number of methoxy groups -OCH3 is 1. The molecule has 0 atom stereocenters. The van der Waals surface area contributed by atoms with Crippen molar-refractivity contribution in [3.05, 3.63) is 29.8 Å². The van der Waals surface area contributed by atoms with E-state index >= 15 is 0 Å². The molecule has 6 nitrogen and oxygen atoms in total. The molecule has 4 bridgehead atoms. The van der Waals surface area contributed by atoms with Crippen LogP contribution in [0.4, 0.5) is 0 Å². The monoisotopic (exact) mass is 515 g/mol. The molecule has 1 aromatic carbocycles. The van der Waals surface area contributed by atoms with Gasteiger partial charge in [0.15, 0.2) is 0 Å². The molecule has 5 fully saturated rings. The molecule has 37 heavy (non-hydrogen) atoms. The van der Waals surface area contributed by atoms with Crippen molar-refractivity contribution in [1.29, 1.82) is 0 Å². The predicted molar refractivity (Wildman–Crippen MR) is 144 cm³/mol. The van der Waals surface area contributed by atoms with E-state index in [2.05, 4.69) is 29.6 Å².